The van der Waals surface area contributed by atoms with Gasteiger partial charge in [0.2, 0.25) is 11.7 Å². The number of carbonyl (C=O) groups excluding carboxylic acids is 1. The summed E-state index contributed by atoms with van der Waals surface area (Å²) in [5.41, 5.74) is 2.57. The van der Waals surface area contributed by atoms with Crippen LogP contribution in [0, 0.1) is 13.8 Å². The van der Waals surface area contributed by atoms with Crippen LogP contribution in [0.3, 0.4) is 0 Å². The van der Waals surface area contributed by atoms with E-state index in [0.717, 1.165) is 37.1 Å². The Kier molecular flexibility index (Phi) is 7.48. The molecule has 8 nitrogen and oxygen atoms in total. The third-order valence-electron chi connectivity index (χ3n) is 5.71. The number of hydrogen-bond donors (Lipinski definition) is 1. The highest BCUT2D eigenvalue weighted by molar-refractivity contribution is 5.95. The molecule has 32 heavy (non-hydrogen) atoms. The van der Waals surface area contributed by atoms with Crippen molar-refractivity contribution in [1.29, 1.82) is 0 Å². The predicted molar refractivity (Wildman–Crippen MR) is 124 cm³/mol. The van der Waals surface area contributed by atoms with E-state index in [1.165, 1.54) is 4.90 Å². The standard InChI is InChI=1S/C23H27N5O3.ClH/c1-15-5-4-6-17(13-15)21-25-19(31-26-21)14-27(3)22(29)20-16(2)9-12-28(23(20)30)18-7-10-24-11-8-18;/h4-6,9,12-13,18,24H,7-8,10-11,14H2,1-3H3;1H. The molecule has 0 saturated carbocycles. The minimum atomic E-state index is -0.346. The molecule has 0 spiro atoms. The Morgan fingerprint density at radius 1 is 1.25 bits per heavy atom. The van der Waals surface area contributed by atoms with E-state index in [1.807, 2.05) is 37.3 Å². The van der Waals surface area contributed by atoms with E-state index in [4.69, 9.17) is 4.52 Å². The molecule has 9 heteroatoms. The van der Waals surface area contributed by atoms with Gasteiger partial charge in [-0.1, -0.05) is 28.9 Å². The van der Waals surface area contributed by atoms with Crippen LogP contribution in [0.4, 0.5) is 0 Å². The van der Waals surface area contributed by atoms with E-state index in [0.29, 0.717) is 17.3 Å². The van der Waals surface area contributed by atoms with Gasteiger partial charge in [-0.15, -0.1) is 12.4 Å². The lowest BCUT2D eigenvalue weighted by Gasteiger charge is -2.26. The molecule has 0 atom stereocenters. The summed E-state index contributed by atoms with van der Waals surface area (Å²) in [6.45, 7) is 5.65. The second kappa shape index (κ2) is 10.1. The monoisotopic (exact) mass is 457 g/mol. The first-order chi connectivity index (χ1) is 14.9. The van der Waals surface area contributed by atoms with Gasteiger partial charge in [-0.2, -0.15) is 4.98 Å². The van der Waals surface area contributed by atoms with Crippen molar-refractivity contribution in [1.82, 2.24) is 24.9 Å². The Balaban J connectivity index is 0.00000289. The number of aryl methyl sites for hydroxylation is 2. The maximum absolute atomic E-state index is 13.2. The Bertz CT molecular complexity index is 1150. The number of amides is 1. The van der Waals surface area contributed by atoms with E-state index >= 15 is 0 Å². The molecule has 4 rings (SSSR count). The molecule has 1 N–H and O–H groups in total. The third kappa shape index (κ3) is 4.92. The summed E-state index contributed by atoms with van der Waals surface area (Å²) in [6.07, 6.45) is 3.54. The number of benzene rings is 1. The first-order valence-corrected chi connectivity index (χ1v) is 10.5. The molecule has 0 radical (unpaired) electrons. The van der Waals surface area contributed by atoms with Crippen molar-refractivity contribution in [2.24, 2.45) is 0 Å². The molecular formula is C23H28ClN5O3. The Morgan fingerprint density at radius 3 is 2.72 bits per heavy atom. The topological polar surface area (TPSA) is 93.3 Å². The van der Waals surface area contributed by atoms with Gasteiger partial charge in [-0.05, 0) is 57.5 Å². The van der Waals surface area contributed by atoms with Crippen LogP contribution >= 0.6 is 12.4 Å². The quantitative estimate of drug-likeness (QED) is 0.632. The van der Waals surface area contributed by atoms with E-state index in [2.05, 4.69) is 15.5 Å². The van der Waals surface area contributed by atoms with Crippen LogP contribution in [0.1, 0.15) is 46.3 Å². The molecule has 170 valence electrons. The van der Waals surface area contributed by atoms with Gasteiger partial charge < -0.3 is 19.3 Å². The molecule has 0 aliphatic carbocycles. The summed E-state index contributed by atoms with van der Waals surface area (Å²) in [5, 5.41) is 7.33. The second-order valence-corrected chi connectivity index (χ2v) is 8.11. The zero-order chi connectivity index (χ0) is 22.0. The van der Waals surface area contributed by atoms with E-state index in [-0.39, 0.29) is 42.0 Å². The smallest absolute Gasteiger partial charge is 0.263 e. The maximum atomic E-state index is 13.2. The first kappa shape index (κ1) is 23.7. The van der Waals surface area contributed by atoms with Crippen LogP contribution in [0.25, 0.3) is 11.4 Å². The molecular weight excluding hydrogens is 430 g/mol. The van der Waals surface area contributed by atoms with Gasteiger partial charge in [-0.25, -0.2) is 0 Å². The van der Waals surface area contributed by atoms with Crippen molar-refractivity contribution in [3.8, 4) is 11.4 Å². The number of aromatic nitrogens is 3. The normalized spacial score (nSPS) is 14.1. The number of halogens is 1. The van der Waals surface area contributed by atoms with Crippen molar-refractivity contribution in [2.75, 3.05) is 20.1 Å². The fraction of sp³-hybridized carbons (Fsp3) is 0.391. The number of nitrogens with zero attached hydrogens (tertiary/aromatic N) is 4. The summed E-state index contributed by atoms with van der Waals surface area (Å²) in [4.78, 5) is 32.2. The van der Waals surface area contributed by atoms with Gasteiger partial charge in [0, 0.05) is 24.8 Å². The Hall–Kier alpha value is -2.97. The van der Waals surface area contributed by atoms with Crippen molar-refractivity contribution in [3.63, 3.8) is 0 Å². The highest BCUT2D eigenvalue weighted by atomic mass is 35.5. The van der Waals surface area contributed by atoms with Crippen LogP contribution in [0.5, 0.6) is 0 Å². The first-order valence-electron chi connectivity index (χ1n) is 10.5. The summed E-state index contributed by atoms with van der Waals surface area (Å²) in [6, 6.07) is 9.76. The fourth-order valence-corrected chi connectivity index (χ4v) is 3.96. The van der Waals surface area contributed by atoms with Gasteiger partial charge in [0.05, 0.1) is 0 Å². The highest BCUT2D eigenvalue weighted by Crippen LogP contribution is 2.19. The second-order valence-electron chi connectivity index (χ2n) is 8.11. The summed E-state index contributed by atoms with van der Waals surface area (Å²) in [7, 11) is 1.64. The Morgan fingerprint density at radius 2 is 2.00 bits per heavy atom. The van der Waals surface area contributed by atoms with Crippen LogP contribution in [-0.2, 0) is 6.54 Å². The molecule has 1 aliphatic heterocycles. The van der Waals surface area contributed by atoms with Crippen molar-refractivity contribution < 1.29 is 9.32 Å². The lowest BCUT2D eigenvalue weighted by atomic mass is 10.0. The SMILES string of the molecule is Cc1cccc(-c2noc(CN(C)C(=O)c3c(C)ccn(C4CCNCC4)c3=O)n2)c1.Cl. The lowest BCUT2D eigenvalue weighted by Crippen LogP contribution is -2.39. The van der Waals surface area contributed by atoms with Crippen LogP contribution in [0.2, 0.25) is 0 Å². The average Bonchev–Trinajstić information content (AvgIpc) is 3.23. The number of carbonyl (C=O) groups is 1. The maximum Gasteiger partial charge on any atom is 0.263 e. The van der Waals surface area contributed by atoms with Gasteiger partial charge in [0.15, 0.2) is 0 Å². The van der Waals surface area contributed by atoms with Crippen LogP contribution < -0.4 is 10.9 Å². The molecule has 1 saturated heterocycles. The van der Waals surface area contributed by atoms with Crippen molar-refractivity contribution >= 4 is 18.3 Å². The molecule has 1 fully saturated rings. The molecule has 0 unspecified atom stereocenters. The molecule has 1 aromatic carbocycles. The van der Waals surface area contributed by atoms with Gasteiger partial charge in [0.25, 0.3) is 11.5 Å². The summed E-state index contributed by atoms with van der Waals surface area (Å²) in [5.74, 6) is 0.449. The zero-order valence-electron chi connectivity index (χ0n) is 18.5. The average molecular weight is 458 g/mol. The van der Waals surface area contributed by atoms with Gasteiger partial charge in [-0.3, -0.25) is 9.59 Å². The van der Waals surface area contributed by atoms with Crippen LogP contribution in [0.15, 0.2) is 45.8 Å². The molecule has 3 aromatic rings. The number of hydrogen-bond acceptors (Lipinski definition) is 6. The number of nitrogens with one attached hydrogen (secondary N) is 1. The van der Waals surface area contributed by atoms with Gasteiger partial charge in [0.1, 0.15) is 12.1 Å². The van der Waals surface area contributed by atoms with E-state index in [9.17, 15) is 9.59 Å². The molecule has 0 bridgehead atoms. The van der Waals surface area contributed by atoms with Crippen molar-refractivity contribution in [3.05, 3.63) is 69.5 Å². The highest BCUT2D eigenvalue weighted by Gasteiger charge is 2.24. The molecule has 2 aromatic heterocycles. The van der Waals surface area contributed by atoms with E-state index in [1.54, 1.807) is 24.7 Å². The largest absolute Gasteiger partial charge is 0.337 e. The number of rotatable bonds is 5. The van der Waals surface area contributed by atoms with E-state index < -0.39 is 0 Å². The number of piperidine rings is 1. The molecule has 3 heterocycles. The zero-order valence-corrected chi connectivity index (χ0v) is 19.3. The number of pyridine rings is 1. The van der Waals surface area contributed by atoms with Crippen molar-refractivity contribution in [2.45, 2.75) is 39.3 Å². The minimum absolute atomic E-state index is 0. The summed E-state index contributed by atoms with van der Waals surface area (Å²) < 4.78 is 7.06. The Labute approximate surface area is 193 Å². The lowest BCUT2D eigenvalue weighted by molar-refractivity contribution is 0.0766. The van der Waals surface area contributed by atoms with Crippen LogP contribution in [-0.4, -0.2) is 45.7 Å². The summed E-state index contributed by atoms with van der Waals surface area (Å²) >= 11 is 0. The third-order valence-corrected chi connectivity index (χ3v) is 5.71. The van der Waals surface area contributed by atoms with Gasteiger partial charge >= 0.3 is 0 Å². The minimum Gasteiger partial charge on any atom is -0.337 e. The fourth-order valence-electron chi connectivity index (χ4n) is 3.96. The molecule has 1 aliphatic rings. The molecule has 1 amide bonds. The predicted octanol–water partition coefficient (Wildman–Crippen LogP) is 3.13.